The maximum Gasteiger partial charge on any atom is 0.241 e. The third-order valence-corrected chi connectivity index (χ3v) is 6.45. The summed E-state index contributed by atoms with van der Waals surface area (Å²) in [6.07, 6.45) is 9.61. The van der Waals surface area contributed by atoms with Gasteiger partial charge in [-0.3, -0.25) is 0 Å². The van der Waals surface area contributed by atoms with E-state index < -0.39 is 10.0 Å². The van der Waals surface area contributed by atoms with Gasteiger partial charge in [-0.05, 0) is 40.5 Å². The van der Waals surface area contributed by atoms with E-state index in [1.54, 1.807) is 12.1 Å². The lowest BCUT2D eigenvalue weighted by atomic mass is 10.1. The van der Waals surface area contributed by atoms with Gasteiger partial charge >= 0.3 is 0 Å². The van der Waals surface area contributed by atoms with Crippen LogP contribution < -0.4 is 4.72 Å². The predicted octanol–water partition coefficient (Wildman–Crippen LogP) is 5.63. The van der Waals surface area contributed by atoms with Crippen molar-refractivity contribution in [1.82, 2.24) is 4.72 Å². The Balaban J connectivity index is 2.27. The van der Waals surface area contributed by atoms with Crippen molar-refractivity contribution in [3.8, 4) is 0 Å². The maximum atomic E-state index is 12.3. The van der Waals surface area contributed by atoms with Crippen LogP contribution in [0.5, 0.6) is 0 Å². The molecule has 0 spiro atoms. The van der Waals surface area contributed by atoms with Crippen LogP contribution in [0.2, 0.25) is 0 Å². The van der Waals surface area contributed by atoms with Gasteiger partial charge in [-0.1, -0.05) is 67.8 Å². The Kier molecular flexibility index (Phi) is 9.87. The predicted molar refractivity (Wildman–Crippen MR) is 99.6 cm³/mol. The van der Waals surface area contributed by atoms with Crippen LogP contribution in [0.4, 0.5) is 0 Å². The van der Waals surface area contributed by atoms with Gasteiger partial charge in [0.1, 0.15) is 0 Å². The van der Waals surface area contributed by atoms with Crippen LogP contribution in [0.15, 0.2) is 32.0 Å². The maximum absolute atomic E-state index is 12.3. The van der Waals surface area contributed by atoms with Gasteiger partial charge in [0.2, 0.25) is 10.0 Å². The number of nitrogens with one attached hydrogen (secondary N) is 1. The Bertz CT molecular complexity index is 547. The van der Waals surface area contributed by atoms with E-state index in [0.29, 0.717) is 11.0 Å². The van der Waals surface area contributed by atoms with Crippen LogP contribution in [0, 0.1) is 0 Å². The highest BCUT2D eigenvalue weighted by Gasteiger charge is 2.17. The van der Waals surface area contributed by atoms with Gasteiger partial charge in [0, 0.05) is 15.5 Å². The van der Waals surface area contributed by atoms with E-state index in [9.17, 15) is 8.42 Å². The summed E-state index contributed by atoms with van der Waals surface area (Å²) in [7, 11) is -3.45. The van der Waals surface area contributed by atoms with E-state index in [2.05, 4.69) is 43.5 Å². The Morgan fingerprint density at radius 3 is 2.18 bits per heavy atom. The number of hydrogen-bond acceptors (Lipinski definition) is 2. The molecule has 3 nitrogen and oxygen atoms in total. The molecule has 0 unspecified atom stereocenters. The first-order valence-electron chi connectivity index (χ1n) is 7.92. The lowest BCUT2D eigenvalue weighted by Crippen LogP contribution is -2.25. The zero-order valence-electron chi connectivity index (χ0n) is 13.1. The fraction of sp³-hybridized carbons (Fsp3) is 0.625. The van der Waals surface area contributed by atoms with Crippen LogP contribution in [0.1, 0.15) is 58.3 Å². The summed E-state index contributed by atoms with van der Waals surface area (Å²) in [4.78, 5) is 0.279. The lowest BCUT2D eigenvalue weighted by Gasteiger charge is -2.09. The smallest absolute Gasteiger partial charge is 0.211 e. The number of sulfonamides is 1. The minimum Gasteiger partial charge on any atom is -0.211 e. The van der Waals surface area contributed by atoms with Crippen molar-refractivity contribution in [2.75, 3.05) is 6.54 Å². The molecule has 0 aliphatic carbocycles. The fourth-order valence-corrected chi connectivity index (χ4v) is 4.80. The lowest BCUT2D eigenvalue weighted by molar-refractivity contribution is 0.558. The van der Waals surface area contributed by atoms with Crippen molar-refractivity contribution in [2.24, 2.45) is 0 Å². The molecule has 0 aliphatic rings. The fourth-order valence-electron chi connectivity index (χ4n) is 2.23. The molecule has 0 saturated heterocycles. The van der Waals surface area contributed by atoms with Crippen molar-refractivity contribution in [2.45, 2.75) is 63.2 Å². The summed E-state index contributed by atoms with van der Waals surface area (Å²) in [6, 6.07) is 5.15. The second-order valence-corrected chi connectivity index (χ2v) is 8.95. The molecule has 1 aromatic rings. The third kappa shape index (κ3) is 7.57. The normalized spacial score (nSPS) is 11.8. The first-order chi connectivity index (χ1) is 10.5. The molecule has 0 heterocycles. The highest BCUT2D eigenvalue weighted by molar-refractivity contribution is 9.11. The first kappa shape index (κ1) is 20.1. The molecule has 1 rings (SSSR count). The van der Waals surface area contributed by atoms with E-state index in [1.165, 1.54) is 38.5 Å². The molecule has 1 aromatic carbocycles. The van der Waals surface area contributed by atoms with Crippen LogP contribution in [0.25, 0.3) is 0 Å². The standard InChI is InChI=1S/C16H25Br2NO2S/c1-2-3-4-5-6-7-8-9-12-19-22(20,21)16-13-14(17)10-11-15(16)18/h10-11,13,19H,2-9,12H2,1H3. The number of rotatable bonds is 11. The molecule has 0 fully saturated rings. The van der Waals surface area contributed by atoms with Gasteiger partial charge in [-0.25, -0.2) is 13.1 Å². The molecule has 0 saturated carbocycles. The topological polar surface area (TPSA) is 46.2 Å². The average Bonchev–Trinajstić information content (AvgIpc) is 2.48. The van der Waals surface area contributed by atoms with Crippen LogP contribution in [0.3, 0.4) is 0 Å². The van der Waals surface area contributed by atoms with Gasteiger partial charge < -0.3 is 0 Å². The summed E-state index contributed by atoms with van der Waals surface area (Å²) >= 11 is 6.59. The van der Waals surface area contributed by atoms with Crippen LogP contribution in [-0.4, -0.2) is 15.0 Å². The largest absolute Gasteiger partial charge is 0.241 e. The number of halogens is 2. The second-order valence-electron chi connectivity index (χ2n) is 5.45. The Morgan fingerprint density at radius 2 is 1.55 bits per heavy atom. The Morgan fingerprint density at radius 1 is 0.955 bits per heavy atom. The van der Waals surface area contributed by atoms with Gasteiger partial charge in [0.15, 0.2) is 0 Å². The summed E-state index contributed by atoms with van der Waals surface area (Å²) in [5.41, 5.74) is 0. The molecule has 6 heteroatoms. The molecular formula is C16H25Br2NO2S. The molecule has 0 aromatic heterocycles. The molecule has 0 radical (unpaired) electrons. The second kappa shape index (κ2) is 10.8. The summed E-state index contributed by atoms with van der Waals surface area (Å²) in [5, 5.41) is 0. The Labute approximate surface area is 151 Å². The van der Waals surface area contributed by atoms with Crippen molar-refractivity contribution in [1.29, 1.82) is 0 Å². The van der Waals surface area contributed by atoms with Crippen molar-refractivity contribution < 1.29 is 8.42 Å². The Hall–Kier alpha value is 0.0900. The van der Waals surface area contributed by atoms with Crippen LogP contribution in [-0.2, 0) is 10.0 Å². The van der Waals surface area contributed by atoms with Crippen LogP contribution >= 0.6 is 31.9 Å². The number of hydrogen-bond donors (Lipinski definition) is 1. The number of unbranched alkanes of at least 4 members (excludes halogenated alkanes) is 7. The average molecular weight is 455 g/mol. The van der Waals surface area contributed by atoms with E-state index in [1.807, 2.05) is 6.07 Å². The van der Waals surface area contributed by atoms with Gasteiger partial charge in [0.05, 0.1) is 4.90 Å². The molecule has 0 aliphatic heterocycles. The minimum atomic E-state index is -3.45. The van der Waals surface area contributed by atoms with Gasteiger partial charge in [-0.15, -0.1) is 0 Å². The van der Waals surface area contributed by atoms with Crippen molar-refractivity contribution in [3.63, 3.8) is 0 Å². The summed E-state index contributed by atoms with van der Waals surface area (Å²) < 4.78 is 28.5. The van der Waals surface area contributed by atoms with E-state index in [4.69, 9.17) is 0 Å². The molecule has 126 valence electrons. The van der Waals surface area contributed by atoms with Crippen molar-refractivity contribution >= 4 is 41.9 Å². The highest BCUT2D eigenvalue weighted by Crippen LogP contribution is 2.25. The molecule has 1 N–H and O–H groups in total. The van der Waals surface area contributed by atoms with Gasteiger partial charge in [-0.2, -0.15) is 0 Å². The van der Waals surface area contributed by atoms with E-state index in [-0.39, 0.29) is 4.90 Å². The quantitative estimate of drug-likeness (QED) is 0.440. The highest BCUT2D eigenvalue weighted by atomic mass is 79.9. The SMILES string of the molecule is CCCCCCCCCCNS(=O)(=O)c1cc(Br)ccc1Br. The molecule has 0 amide bonds. The summed E-state index contributed by atoms with van der Waals surface area (Å²) in [6.45, 7) is 2.71. The number of benzene rings is 1. The van der Waals surface area contributed by atoms with Gasteiger partial charge in [0.25, 0.3) is 0 Å². The molecule has 0 bridgehead atoms. The monoisotopic (exact) mass is 453 g/mol. The molecule has 22 heavy (non-hydrogen) atoms. The van der Waals surface area contributed by atoms with E-state index >= 15 is 0 Å². The molecule has 0 atom stereocenters. The summed E-state index contributed by atoms with van der Waals surface area (Å²) in [5.74, 6) is 0. The van der Waals surface area contributed by atoms with E-state index in [0.717, 1.165) is 17.3 Å². The molecular weight excluding hydrogens is 430 g/mol. The first-order valence-corrected chi connectivity index (χ1v) is 11.0. The third-order valence-electron chi connectivity index (χ3n) is 3.51. The zero-order valence-corrected chi connectivity index (χ0v) is 17.1. The van der Waals surface area contributed by atoms with Crippen molar-refractivity contribution in [3.05, 3.63) is 27.1 Å². The minimum absolute atomic E-state index is 0.279. The zero-order chi connectivity index (χ0) is 16.4.